The Labute approximate surface area is 443 Å². The van der Waals surface area contributed by atoms with Crippen LogP contribution in [0.2, 0.25) is 0 Å². The largest absolute Gasteiger partial charge is 0.492 e. The van der Waals surface area contributed by atoms with Crippen molar-refractivity contribution < 1.29 is 46.6 Å². The fourth-order valence-corrected chi connectivity index (χ4v) is 11.3. The number of anilines is 7. The van der Waals surface area contributed by atoms with E-state index in [4.69, 9.17) is 20.2 Å². The van der Waals surface area contributed by atoms with E-state index in [1.807, 2.05) is 74.0 Å². The van der Waals surface area contributed by atoms with Gasteiger partial charge < -0.3 is 50.3 Å². The van der Waals surface area contributed by atoms with Crippen molar-refractivity contribution in [1.29, 1.82) is 0 Å². The van der Waals surface area contributed by atoms with Crippen LogP contribution in [0.5, 0.6) is 5.75 Å². The second kappa shape index (κ2) is 20.9. The van der Waals surface area contributed by atoms with E-state index in [0.29, 0.717) is 125 Å². The summed E-state index contributed by atoms with van der Waals surface area (Å²) in [7, 11) is 3.58. The van der Waals surface area contributed by atoms with Gasteiger partial charge in [0.1, 0.15) is 17.5 Å². The normalized spacial score (nSPS) is 19.7. The van der Waals surface area contributed by atoms with Gasteiger partial charge in [-0.1, -0.05) is 26.0 Å². The number of rotatable bonds is 11. The van der Waals surface area contributed by atoms with E-state index >= 15 is 0 Å². The molecule has 0 atom stereocenters. The zero-order valence-electron chi connectivity index (χ0n) is 43.8. The number of nitrogens with one attached hydrogen (secondary N) is 2. The van der Waals surface area contributed by atoms with Crippen LogP contribution in [-0.4, -0.2) is 131 Å². The molecule has 4 amide bonds. The van der Waals surface area contributed by atoms with Crippen molar-refractivity contribution in [2.75, 3.05) is 85.3 Å². The molecule has 0 unspecified atom stereocenters. The van der Waals surface area contributed by atoms with E-state index in [1.54, 1.807) is 29.1 Å². The fraction of sp³-hybridized carbons (Fsp3) is 0.455. The molecule has 22 heteroatoms. The summed E-state index contributed by atoms with van der Waals surface area (Å²) in [5, 5.41) is 10.6. The van der Waals surface area contributed by atoms with Crippen molar-refractivity contribution in [3.63, 3.8) is 0 Å². The number of amides is 4. The molecule has 2 saturated heterocycles. The Hall–Kier alpha value is -7.91. The van der Waals surface area contributed by atoms with Crippen LogP contribution in [0.25, 0.3) is 5.69 Å². The summed E-state index contributed by atoms with van der Waals surface area (Å²) in [5.74, 6) is -0.00743. The standard InChI is InChI=1S/C55H63F3N12O7/c1-6-76-45-28-34(14-18-39(45)62-52-60-31-43-49(63-52)65(4)41-10-8-7-9-38(41)51(74)66(43)5)67-21-19-32(20-22-67)50(73)68-23-25-69(26-24-68)53(75)77-36-15-11-33(12-16-36)61-40-27-35(13-17-37(40)48(59)72)70-42-29-54(2,3)30-44(71)46(42)47(64-70)55(56,57)58/h7-10,13-14,17-18,27-28,31-33,36,61H,6,11-12,15-16,19-26,29-30H2,1-5H3,(H2,59,72)(H,60,62,63)/t33-,36-. The number of fused-ring (bicyclic) bond motifs is 3. The number of aromatic nitrogens is 4. The number of primary amides is 1. The van der Waals surface area contributed by atoms with Crippen LogP contribution in [0, 0.1) is 11.3 Å². The topological polar surface area (TPSA) is 214 Å². The summed E-state index contributed by atoms with van der Waals surface area (Å²) in [6.07, 6.45) is -0.303. The van der Waals surface area contributed by atoms with Gasteiger partial charge in [0, 0.05) is 89.2 Å². The van der Waals surface area contributed by atoms with Gasteiger partial charge in [0.25, 0.3) is 11.8 Å². The van der Waals surface area contributed by atoms with Crippen molar-refractivity contribution >= 4 is 69.8 Å². The number of hydrogen-bond donors (Lipinski definition) is 3. The van der Waals surface area contributed by atoms with Gasteiger partial charge >= 0.3 is 12.3 Å². The van der Waals surface area contributed by atoms with Crippen molar-refractivity contribution in [3.05, 3.63) is 94.9 Å². The molecule has 3 aromatic carbocycles. The molecule has 19 nitrogen and oxygen atoms in total. The second-order valence-electron chi connectivity index (χ2n) is 21.3. The highest BCUT2D eigenvalue weighted by Gasteiger charge is 2.46. The number of carbonyl (C=O) groups is 5. The fourth-order valence-electron chi connectivity index (χ4n) is 11.3. The van der Waals surface area contributed by atoms with E-state index in [9.17, 15) is 37.1 Å². The molecule has 77 heavy (non-hydrogen) atoms. The molecule has 1 saturated carbocycles. The molecule has 3 aliphatic heterocycles. The molecule has 3 fully saturated rings. The average Bonchev–Trinajstić information content (AvgIpc) is 3.82. The molecule has 5 heterocycles. The quantitative estimate of drug-likeness (QED) is 0.113. The molecule has 5 aliphatic rings. The summed E-state index contributed by atoms with van der Waals surface area (Å²) in [6.45, 7) is 8.84. The van der Waals surface area contributed by atoms with E-state index in [-0.39, 0.29) is 59.7 Å². The third-order valence-corrected chi connectivity index (χ3v) is 15.4. The minimum atomic E-state index is -4.84. The molecule has 2 aromatic heterocycles. The number of carbonyl (C=O) groups excluding carboxylic acids is 5. The molecular weight excluding hydrogens is 998 g/mol. The van der Waals surface area contributed by atoms with Gasteiger partial charge in [0.15, 0.2) is 17.3 Å². The molecule has 0 spiro atoms. The molecule has 0 radical (unpaired) electrons. The van der Waals surface area contributed by atoms with Crippen LogP contribution in [0.15, 0.2) is 66.9 Å². The van der Waals surface area contributed by atoms with Gasteiger partial charge in [0.2, 0.25) is 11.9 Å². The van der Waals surface area contributed by atoms with Crippen LogP contribution >= 0.6 is 0 Å². The Bertz CT molecular complexity index is 3120. The predicted molar refractivity (Wildman–Crippen MR) is 283 cm³/mol. The highest BCUT2D eigenvalue weighted by Crippen LogP contribution is 2.43. The van der Waals surface area contributed by atoms with Crippen molar-refractivity contribution in [2.45, 2.75) is 90.5 Å². The SMILES string of the molecule is CCOc1cc(N2CCC(C(=O)N3CCN(C(=O)O[C@H]4CC[C@H](Nc5cc(-n6nc(C(F)(F)F)c7c6CC(C)(C)CC7=O)ccc5C(N)=O)CC4)CC3)CC2)ccc1Nc1ncc2c(n1)N(C)c1ccccc1C(=O)N2C. The number of para-hydroxylation sites is 1. The number of piperazine rings is 1. The number of halogens is 3. The van der Waals surface area contributed by atoms with Gasteiger partial charge in [-0.15, -0.1) is 0 Å². The zero-order valence-corrected chi connectivity index (χ0v) is 43.8. The number of hydrogen-bond acceptors (Lipinski definition) is 14. The molecule has 0 bridgehead atoms. The number of ketones is 1. The van der Waals surface area contributed by atoms with Crippen molar-refractivity contribution in [3.8, 4) is 11.4 Å². The zero-order chi connectivity index (χ0) is 54.5. The number of nitrogens with two attached hydrogens (primary N) is 1. The van der Waals surface area contributed by atoms with Crippen LogP contribution in [-0.2, 0) is 22.1 Å². The first-order valence-corrected chi connectivity index (χ1v) is 26.2. The van der Waals surface area contributed by atoms with Crippen LogP contribution in [0.1, 0.15) is 108 Å². The highest BCUT2D eigenvalue weighted by molar-refractivity contribution is 6.13. The lowest BCUT2D eigenvalue weighted by atomic mass is 9.75. The van der Waals surface area contributed by atoms with E-state index in [0.717, 1.165) is 16.1 Å². The minimum absolute atomic E-state index is 0.0358. The summed E-state index contributed by atoms with van der Waals surface area (Å²) in [6, 6.07) is 17.6. The summed E-state index contributed by atoms with van der Waals surface area (Å²) < 4.78 is 55.7. The lowest BCUT2D eigenvalue weighted by Crippen LogP contribution is -2.53. The number of nitrogens with zero attached hydrogens (tertiary/aromatic N) is 9. The number of Topliss-reactive ketones (excluding diaryl/α,β-unsaturated/α-hetero) is 1. The second-order valence-corrected chi connectivity index (χ2v) is 21.3. The summed E-state index contributed by atoms with van der Waals surface area (Å²) in [5.41, 5.74) is 7.94. The monoisotopic (exact) mass is 1060 g/mol. The molecule has 4 N–H and O–H groups in total. The molecule has 2 aliphatic carbocycles. The number of benzene rings is 3. The van der Waals surface area contributed by atoms with Crippen LogP contribution in [0.4, 0.5) is 58.2 Å². The van der Waals surface area contributed by atoms with Crippen LogP contribution in [0.3, 0.4) is 0 Å². The van der Waals surface area contributed by atoms with Gasteiger partial charge in [-0.05, 0) is 99.7 Å². The first kappa shape index (κ1) is 52.5. The maximum absolute atomic E-state index is 14.2. The van der Waals surface area contributed by atoms with Gasteiger partial charge in [-0.3, -0.25) is 19.2 Å². The first-order valence-electron chi connectivity index (χ1n) is 26.2. The molecule has 406 valence electrons. The maximum Gasteiger partial charge on any atom is 0.435 e. The third-order valence-electron chi connectivity index (χ3n) is 15.4. The van der Waals surface area contributed by atoms with Crippen molar-refractivity contribution in [2.24, 2.45) is 17.1 Å². The molecular formula is C55H63F3N12O7. The van der Waals surface area contributed by atoms with Gasteiger partial charge in [-0.25, -0.2) is 14.5 Å². The molecule has 10 rings (SSSR count). The Morgan fingerprint density at radius 3 is 2.22 bits per heavy atom. The van der Waals surface area contributed by atoms with E-state index < -0.39 is 40.6 Å². The van der Waals surface area contributed by atoms with Gasteiger partial charge in [0.05, 0.1) is 52.3 Å². The highest BCUT2D eigenvalue weighted by atomic mass is 19.4. The lowest BCUT2D eigenvalue weighted by molar-refractivity contribution is -0.141. The molecule has 5 aromatic rings. The first-order chi connectivity index (χ1) is 36.8. The lowest BCUT2D eigenvalue weighted by Gasteiger charge is -2.39. The van der Waals surface area contributed by atoms with E-state index in [2.05, 4.69) is 25.6 Å². The number of alkyl halides is 3. The Morgan fingerprint density at radius 1 is 0.818 bits per heavy atom. The summed E-state index contributed by atoms with van der Waals surface area (Å²) in [4.78, 5) is 84.7. The smallest absolute Gasteiger partial charge is 0.435 e. The van der Waals surface area contributed by atoms with Crippen LogP contribution < -0.4 is 35.8 Å². The average molecular weight is 1060 g/mol. The van der Waals surface area contributed by atoms with Crippen molar-refractivity contribution in [1.82, 2.24) is 29.5 Å². The Morgan fingerprint density at radius 2 is 1.52 bits per heavy atom. The Kier molecular flexibility index (Phi) is 14.3. The predicted octanol–water partition coefficient (Wildman–Crippen LogP) is 8.36. The Balaban J connectivity index is 0.696. The maximum atomic E-state index is 14.2. The van der Waals surface area contributed by atoms with E-state index in [1.165, 1.54) is 18.2 Å². The van der Waals surface area contributed by atoms with Gasteiger partial charge in [-0.2, -0.15) is 23.3 Å². The number of ether oxygens (including phenoxy) is 2. The summed E-state index contributed by atoms with van der Waals surface area (Å²) >= 11 is 0. The minimum Gasteiger partial charge on any atom is -0.492 e. The third kappa shape index (κ3) is 10.7. The number of piperidine rings is 1.